The Morgan fingerprint density at radius 2 is 2.44 bits per heavy atom. The van der Waals surface area contributed by atoms with Gasteiger partial charge in [-0.3, -0.25) is 0 Å². The summed E-state index contributed by atoms with van der Waals surface area (Å²) in [6, 6.07) is 3.83. The molecule has 1 aromatic rings. The van der Waals surface area contributed by atoms with Crippen molar-refractivity contribution in [3.05, 3.63) is 28.5 Å². The van der Waals surface area contributed by atoms with Crippen molar-refractivity contribution in [3.63, 3.8) is 0 Å². The van der Waals surface area contributed by atoms with E-state index in [1.807, 2.05) is 12.1 Å². The van der Waals surface area contributed by atoms with Crippen molar-refractivity contribution in [2.75, 3.05) is 26.8 Å². The van der Waals surface area contributed by atoms with Crippen LogP contribution in [0.2, 0.25) is 0 Å². The molecule has 0 radical (unpaired) electrons. The molecule has 1 aromatic heterocycles. The predicted molar refractivity (Wildman–Crippen MR) is 69.1 cm³/mol. The Morgan fingerprint density at radius 3 is 3.00 bits per heavy atom. The van der Waals surface area contributed by atoms with E-state index in [1.54, 1.807) is 6.20 Å². The van der Waals surface area contributed by atoms with Crippen molar-refractivity contribution in [1.29, 1.82) is 0 Å². The van der Waals surface area contributed by atoms with E-state index in [2.05, 4.69) is 31.0 Å². The number of ether oxygens (including phenoxy) is 2. The van der Waals surface area contributed by atoms with Crippen molar-refractivity contribution < 1.29 is 14.3 Å². The molecule has 0 saturated carbocycles. The fraction of sp³-hybridized carbons (Fsp3) is 0.500. The minimum atomic E-state index is -0.484. The summed E-state index contributed by atoms with van der Waals surface area (Å²) < 4.78 is 11.2. The van der Waals surface area contributed by atoms with E-state index < -0.39 is 5.60 Å². The Hall–Kier alpha value is -0.980. The van der Waals surface area contributed by atoms with E-state index in [4.69, 9.17) is 4.74 Å². The number of nitrogens with one attached hydrogen (secondary N) is 1. The second-order valence-corrected chi connectivity index (χ2v) is 4.97. The first-order valence-electron chi connectivity index (χ1n) is 5.70. The fourth-order valence-corrected chi connectivity index (χ4v) is 2.26. The van der Waals surface area contributed by atoms with E-state index in [9.17, 15) is 4.79 Å². The highest BCUT2D eigenvalue weighted by Gasteiger charge is 2.37. The molecule has 1 aliphatic heterocycles. The average molecular weight is 315 g/mol. The summed E-state index contributed by atoms with van der Waals surface area (Å²) in [4.78, 5) is 15.4. The van der Waals surface area contributed by atoms with E-state index >= 15 is 0 Å². The van der Waals surface area contributed by atoms with Crippen LogP contribution in [0, 0.1) is 0 Å². The Kier molecular flexibility index (Phi) is 4.31. The first kappa shape index (κ1) is 13.5. The van der Waals surface area contributed by atoms with Crippen LogP contribution < -0.4 is 5.32 Å². The van der Waals surface area contributed by atoms with Gasteiger partial charge >= 0.3 is 5.97 Å². The largest absolute Gasteiger partial charge is 0.467 e. The molecule has 2 rings (SSSR count). The van der Waals surface area contributed by atoms with Crippen molar-refractivity contribution in [2.45, 2.75) is 12.0 Å². The van der Waals surface area contributed by atoms with Crippen LogP contribution in [-0.4, -0.2) is 37.8 Å². The molecule has 5 nitrogen and oxygen atoms in total. The van der Waals surface area contributed by atoms with Crippen LogP contribution in [0.5, 0.6) is 0 Å². The third-order valence-corrected chi connectivity index (χ3v) is 3.53. The van der Waals surface area contributed by atoms with Crippen molar-refractivity contribution in [2.24, 2.45) is 0 Å². The van der Waals surface area contributed by atoms with Gasteiger partial charge in [0.15, 0.2) is 0 Å². The number of pyridine rings is 1. The number of methoxy groups -OCH3 is 1. The maximum Gasteiger partial charge on any atom is 0.331 e. The number of halogens is 1. The van der Waals surface area contributed by atoms with E-state index in [-0.39, 0.29) is 12.6 Å². The number of hydrogen-bond donors (Lipinski definition) is 1. The molecule has 1 saturated heterocycles. The summed E-state index contributed by atoms with van der Waals surface area (Å²) in [6.07, 6.45) is 2.58. The minimum absolute atomic E-state index is 0.0474. The molecule has 0 amide bonds. The van der Waals surface area contributed by atoms with Crippen LogP contribution in [0.4, 0.5) is 0 Å². The number of aromatic nitrogens is 1. The summed E-state index contributed by atoms with van der Waals surface area (Å²) in [5.74, 6) is -0.369. The monoisotopic (exact) mass is 314 g/mol. The molecule has 0 aromatic carbocycles. The van der Waals surface area contributed by atoms with Crippen molar-refractivity contribution in [1.82, 2.24) is 10.3 Å². The molecule has 1 fully saturated rings. The van der Waals surface area contributed by atoms with Gasteiger partial charge in [0.25, 0.3) is 0 Å². The van der Waals surface area contributed by atoms with Crippen LogP contribution in [-0.2, 0) is 19.9 Å². The Morgan fingerprint density at radius 1 is 1.61 bits per heavy atom. The highest BCUT2D eigenvalue weighted by molar-refractivity contribution is 9.10. The maximum atomic E-state index is 11.2. The molecule has 0 aliphatic carbocycles. The van der Waals surface area contributed by atoms with Gasteiger partial charge in [-0.15, -0.1) is 0 Å². The molecular formula is C12H15BrN2O3. The lowest BCUT2D eigenvalue weighted by Crippen LogP contribution is -2.34. The smallest absolute Gasteiger partial charge is 0.331 e. The molecule has 1 atom stereocenters. The van der Waals surface area contributed by atoms with Gasteiger partial charge in [0.2, 0.25) is 0 Å². The number of carbonyl (C=O) groups is 1. The Balaban J connectivity index is 2.16. The van der Waals surface area contributed by atoms with E-state index in [1.165, 1.54) is 7.11 Å². The zero-order valence-corrected chi connectivity index (χ0v) is 11.7. The molecule has 0 spiro atoms. The van der Waals surface area contributed by atoms with Crippen molar-refractivity contribution >= 4 is 21.9 Å². The highest BCUT2D eigenvalue weighted by Crippen LogP contribution is 2.32. The number of nitrogens with zero attached hydrogens (tertiary/aromatic N) is 1. The quantitative estimate of drug-likeness (QED) is 0.669. The summed E-state index contributed by atoms with van der Waals surface area (Å²) in [6.45, 7) is 1.48. The van der Waals surface area contributed by atoms with Gasteiger partial charge in [-0.25, -0.2) is 9.78 Å². The molecule has 18 heavy (non-hydrogen) atoms. The van der Waals surface area contributed by atoms with Gasteiger partial charge < -0.3 is 14.8 Å². The standard InChI is InChI=1S/C12H15BrN2O3/c1-17-11(16)7-18-12(4-5-14-8-12)9-2-3-10(13)15-6-9/h2-3,6,14H,4-5,7-8H2,1H3. The molecule has 98 valence electrons. The van der Waals surface area contributed by atoms with Crippen LogP contribution in [0.3, 0.4) is 0 Å². The fourth-order valence-electron chi connectivity index (χ4n) is 2.02. The topological polar surface area (TPSA) is 60.5 Å². The Bertz CT molecular complexity index is 416. The molecule has 1 unspecified atom stereocenters. The lowest BCUT2D eigenvalue weighted by molar-refractivity contribution is -0.153. The number of carbonyl (C=O) groups excluding carboxylic acids is 1. The first-order valence-corrected chi connectivity index (χ1v) is 6.49. The van der Waals surface area contributed by atoms with Crippen LogP contribution in [0.15, 0.2) is 22.9 Å². The second kappa shape index (κ2) is 5.77. The third-order valence-electron chi connectivity index (χ3n) is 3.06. The first-order chi connectivity index (χ1) is 8.66. The highest BCUT2D eigenvalue weighted by atomic mass is 79.9. The summed E-state index contributed by atoms with van der Waals surface area (Å²) >= 11 is 3.30. The molecule has 1 aliphatic rings. The number of rotatable bonds is 4. The maximum absolute atomic E-state index is 11.2. The lowest BCUT2D eigenvalue weighted by atomic mass is 9.94. The summed E-state index contributed by atoms with van der Waals surface area (Å²) in [5, 5.41) is 3.25. The zero-order chi connectivity index (χ0) is 13.0. The second-order valence-electron chi connectivity index (χ2n) is 4.16. The van der Waals surface area contributed by atoms with Crippen LogP contribution in [0.25, 0.3) is 0 Å². The van der Waals surface area contributed by atoms with E-state index in [0.29, 0.717) is 6.54 Å². The van der Waals surface area contributed by atoms with Crippen molar-refractivity contribution in [3.8, 4) is 0 Å². The van der Waals surface area contributed by atoms with Crippen LogP contribution >= 0.6 is 15.9 Å². The van der Waals surface area contributed by atoms with Gasteiger partial charge in [-0.2, -0.15) is 0 Å². The summed E-state index contributed by atoms with van der Waals surface area (Å²) in [7, 11) is 1.35. The molecule has 0 bridgehead atoms. The molecule has 6 heteroatoms. The predicted octanol–water partition coefficient (Wildman–Crippen LogP) is 1.22. The van der Waals surface area contributed by atoms with Crippen LogP contribution in [0.1, 0.15) is 12.0 Å². The van der Waals surface area contributed by atoms with Gasteiger partial charge in [0.05, 0.1) is 7.11 Å². The number of hydrogen-bond acceptors (Lipinski definition) is 5. The van der Waals surface area contributed by atoms with Gasteiger partial charge in [0.1, 0.15) is 16.8 Å². The molecular weight excluding hydrogens is 300 g/mol. The van der Waals surface area contributed by atoms with Gasteiger partial charge in [-0.1, -0.05) is 6.07 Å². The molecule has 1 N–H and O–H groups in total. The van der Waals surface area contributed by atoms with Gasteiger partial charge in [0, 0.05) is 18.3 Å². The Labute approximate surface area is 114 Å². The lowest BCUT2D eigenvalue weighted by Gasteiger charge is -2.28. The zero-order valence-electron chi connectivity index (χ0n) is 10.1. The minimum Gasteiger partial charge on any atom is -0.467 e. The van der Waals surface area contributed by atoms with Gasteiger partial charge in [-0.05, 0) is 35.0 Å². The normalized spacial score (nSPS) is 23.0. The number of esters is 1. The average Bonchev–Trinajstić information content (AvgIpc) is 2.87. The third kappa shape index (κ3) is 2.88. The van der Waals surface area contributed by atoms with E-state index in [0.717, 1.165) is 23.1 Å². The SMILES string of the molecule is COC(=O)COC1(c2ccc(Br)nc2)CCNC1. The summed E-state index contributed by atoms with van der Waals surface area (Å²) in [5.41, 5.74) is 0.488. The molecule has 2 heterocycles.